The molecule has 0 aliphatic carbocycles. The van der Waals surface area contributed by atoms with Crippen molar-refractivity contribution in [2.45, 2.75) is 0 Å². The Morgan fingerprint density at radius 2 is 0.603 bits per heavy atom. The number of aromatic nitrogens is 5. The van der Waals surface area contributed by atoms with Crippen molar-refractivity contribution >= 4 is 43.1 Å². The molecule has 5 nitrogen and oxygen atoms in total. The van der Waals surface area contributed by atoms with Crippen molar-refractivity contribution in [3.8, 4) is 67.5 Å². The van der Waals surface area contributed by atoms with E-state index in [9.17, 15) is 0 Å². The van der Waals surface area contributed by atoms with Crippen molar-refractivity contribution in [1.29, 1.82) is 0 Å². The number of benzene rings is 9. The number of hydrogen-bond donors (Lipinski definition) is 0. The van der Waals surface area contributed by atoms with Gasteiger partial charge in [-0.2, -0.15) is 0 Å². The summed E-state index contributed by atoms with van der Waals surface area (Å²) >= 11 is 0. The van der Waals surface area contributed by atoms with E-state index in [1.165, 1.54) is 43.1 Å². The summed E-state index contributed by atoms with van der Waals surface area (Å²) in [5.41, 5.74) is 9.09. The van der Waals surface area contributed by atoms with Crippen molar-refractivity contribution in [2.24, 2.45) is 0 Å². The Labute approximate surface area is 335 Å². The largest absolute Gasteiger partial charge is 0.244 e. The smallest absolute Gasteiger partial charge is 0.164 e. The Balaban J connectivity index is 1.10. The zero-order chi connectivity index (χ0) is 38.4. The molecule has 0 atom stereocenters. The predicted molar refractivity (Wildman–Crippen MR) is 238 cm³/mol. The fraction of sp³-hybridized carbons (Fsp3) is 0. The zero-order valence-electron chi connectivity index (χ0n) is 31.3. The van der Waals surface area contributed by atoms with Crippen molar-refractivity contribution in [3.63, 3.8) is 0 Å². The highest BCUT2D eigenvalue weighted by atomic mass is 15.0. The SMILES string of the molecule is c1ccc(-c2nc(-c3ccc(-c4cncnc4)cc3)nc(-c3cc(-c4ccc5cc6ccccc6cc5c4)cc(-c4ccc5cc6ccccc6cc5c4)c3)n2)cc1. The second-order valence-corrected chi connectivity index (χ2v) is 14.7. The molecule has 2 aromatic heterocycles. The average molecular weight is 740 g/mol. The second-order valence-electron chi connectivity index (χ2n) is 14.7. The third-order valence-corrected chi connectivity index (χ3v) is 11.0. The first kappa shape index (κ1) is 33.4. The maximum absolute atomic E-state index is 5.19. The quantitative estimate of drug-likeness (QED) is 0.159. The van der Waals surface area contributed by atoms with Gasteiger partial charge in [-0.3, -0.25) is 0 Å². The first-order valence-electron chi connectivity index (χ1n) is 19.4. The molecule has 0 unspecified atom stereocenters. The summed E-state index contributed by atoms with van der Waals surface area (Å²) < 4.78 is 0. The number of rotatable bonds is 6. The van der Waals surface area contributed by atoms with Crippen LogP contribution in [0.3, 0.4) is 0 Å². The third kappa shape index (κ3) is 6.31. The van der Waals surface area contributed by atoms with E-state index in [1.807, 2.05) is 42.7 Å². The molecular formula is C53H33N5. The molecule has 0 amide bonds. The zero-order valence-corrected chi connectivity index (χ0v) is 31.3. The van der Waals surface area contributed by atoms with Gasteiger partial charge in [0.1, 0.15) is 6.33 Å². The molecule has 270 valence electrons. The minimum absolute atomic E-state index is 0.599. The summed E-state index contributed by atoms with van der Waals surface area (Å²) in [5.74, 6) is 1.82. The molecule has 0 bridgehead atoms. The van der Waals surface area contributed by atoms with Gasteiger partial charge in [0.2, 0.25) is 0 Å². The molecule has 0 aliphatic heterocycles. The monoisotopic (exact) mass is 739 g/mol. The fourth-order valence-electron chi connectivity index (χ4n) is 7.94. The van der Waals surface area contributed by atoms with Crippen LogP contribution in [-0.2, 0) is 0 Å². The van der Waals surface area contributed by atoms with Gasteiger partial charge in [-0.15, -0.1) is 0 Å². The maximum Gasteiger partial charge on any atom is 0.164 e. The predicted octanol–water partition coefficient (Wildman–Crippen LogP) is 13.3. The van der Waals surface area contributed by atoms with Crippen molar-refractivity contribution in [2.75, 3.05) is 0 Å². The highest BCUT2D eigenvalue weighted by Gasteiger charge is 2.16. The summed E-state index contributed by atoms with van der Waals surface area (Å²) in [5, 5.41) is 9.73. The summed E-state index contributed by atoms with van der Waals surface area (Å²) in [6.07, 6.45) is 5.17. The van der Waals surface area contributed by atoms with E-state index in [0.717, 1.165) is 50.1 Å². The summed E-state index contributed by atoms with van der Waals surface area (Å²) in [6.45, 7) is 0. The highest BCUT2D eigenvalue weighted by molar-refractivity contribution is 6.01. The van der Waals surface area contributed by atoms with Gasteiger partial charge in [0.15, 0.2) is 17.5 Å². The molecule has 0 spiro atoms. The maximum atomic E-state index is 5.19. The lowest BCUT2D eigenvalue weighted by Crippen LogP contribution is -2.00. The minimum Gasteiger partial charge on any atom is -0.244 e. The van der Waals surface area contributed by atoms with Crippen molar-refractivity contribution < 1.29 is 0 Å². The Hall–Kier alpha value is -7.89. The van der Waals surface area contributed by atoms with Crippen LogP contribution in [0.1, 0.15) is 0 Å². The molecule has 0 radical (unpaired) electrons. The van der Waals surface area contributed by atoms with E-state index < -0.39 is 0 Å². The Bertz CT molecular complexity index is 3190. The van der Waals surface area contributed by atoms with E-state index in [1.54, 1.807) is 6.33 Å². The minimum atomic E-state index is 0.599. The van der Waals surface area contributed by atoms with E-state index >= 15 is 0 Å². The van der Waals surface area contributed by atoms with Gasteiger partial charge in [-0.25, -0.2) is 24.9 Å². The molecule has 9 aromatic carbocycles. The van der Waals surface area contributed by atoms with Crippen LogP contribution in [0.2, 0.25) is 0 Å². The number of nitrogens with zero attached hydrogens (tertiary/aromatic N) is 5. The average Bonchev–Trinajstić information content (AvgIpc) is 3.30. The Kier molecular flexibility index (Phi) is 8.07. The normalized spacial score (nSPS) is 11.4. The van der Waals surface area contributed by atoms with Crippen LogP contribution in [0.5, 0.6) is 0 Å². The molecule has 11 rings (SSSR count). The van der Waals surface area contributed by atoms with Crippen LogP contribution >= 0.6 is 0 Å². The molecule has 0 aliphatic rings. The first-order valence-corrected chi connectivity index (χ1v) is 19.4. The van der Waals surface area contributed by atoms with Crippen LogP contribution in [0.4, 0.5) is 0 Å². The second kappa shape index (κ2) is 14.0. The summed E-state index contributed by atoms with van der Waals surface area (Å²) in [7, 11) is 0. The van der Waals surface area contributed by atoms with Gasteiger partial charge < -0.3 is 0 Å². The molecule has 0 saturated heterocycles. The summed E-state index contributed by atoms with van der Waals surface area (Å²) in [4.78, 5) is 23.8. The lowest BCUT2D eigenvalue weighted by atomic mass is 9.92. The number of hydrogen-bond acceptors (Lipinski definition) is 5. The van der Waals surface area contributed by atoms with Crippen LogP contribution < -0.4 is 0 Å². The van der Waals surface area contributed by atoms with Crippen LogP contribution in [0, 0.1) is 0 Å². The van der Waals surface area contributed by atoms with Crippen LogP contribution in [0.15, 0.2) is 201 Å². The molecule has 5 heteroatoms. The van der Waals surface area contributed by atoms with E-state index in [0.29, 0.717) is 17.5 Å². The van der Waals surface area contributed by atoms with E-state index in [2.05, 4.69) is 162 Å². The molecule has 2 heterocycles. The third-order valence-electron chi connectivity index (χ3n) is 11.0. The van der Waals surface area contributed by atoms with Gasteiger partial charge in [-0.1, -0.05) is 127 Å². The van der Waals surface area contributed by atoms with Gasteiger partial charge in [0, 0.05) is 34.6 Å². The lowest BCUT2D eigenvalue weighted by Gasteiger charge is -2.14. The Morgan fingerprint density at radius 1 is 0.224 bits per heavy atom. The standard InChI is InChI=1S/C53H33N5/c1-2-8-35(9-3-1)51-56-52(36-16-14-34(15-17-36)50-31-54-33-55-32-50)58-53(57-51)49-29-47(43-20-18-41-22-37-10-4-6-12-39(37)24-45(41)26-43)28-48(30-49)44-21-19-42-23-38-11-5-7-13-40(38)25-46(42)27-44/h1-33H. The van der Waals surface area contributed by atoms with Crippen molar-refractivity contribution in [1.82, 2.24) is 24.9 Å². The molecule has 0 fully saturated rings. The van der Waals surface area contributed by atoms with Gasteiger partial charge >= 0.3 is 0 Å². The van der Waals surface area contributed by atoms with Crippen LogP contribution in [0.25, 0.3) is 111 Å². The van der Waals surface area contributed by atoms with Crippen LogP contribution in [-0.4, -0.2) is 24.9 Å². The van der Waals surface area contributed by atoms with Gasteiger partial charge in [0.05, 0.1) is 0 Å². The summed E-state index contributed by atoms with van der Waals surface area (Å²) in [6, 6.07) is 64.7. The van der Waals surface area contributed by atoms with Gasteiger partial charge in [-0.05, 0) is 126 Å². The molecular weight excluding hydrogens is 707 g/mol. The molecule has 58 heavy (non-hydrogen) atoms. The number of fused-ring (bicyclic) bond motifs is 4. The molecule has 0 saturated carbocycles. The highest BCUT2D eigenvalue weighted by Crippen LogP contribution is 2.37. The topological polar surface area (TPSA) is 64.5 Å². The van der Waals surface area contributed by atoms with Gasteiger partial charge in [0.25, 0.3) is 0 Å². The van der Waals surface area contributed by atoms with E-state index in [4.69, 9.17) is 15.0 Å². The molecule has 0 N–H and O–H groups in total. The molecule has 11 aromatic rings. The van der Waals surface area contributed by atoms with E-state index in [-0.39, 0.29) is 0 Å². The lowest BCUT2D eigenvalue weighted by molar-refractivity contribution is 1.07. The van der Waals surface area contributed by atoms with Crippen molar-refractivity contribution in [3.05, 3.63) is 201 Å². The fourth-order valence-corrected chi connectivity index (χ4v) is 7.94. The Morgan fingerprint density at radius 3 is 1.12 bits per heavy atom. The first-order chi connectivity index (χ1) is 28.7.